The summed E-state index contributed by atoms with van der Waals surface area (Å²) in [6, 6.07) is 4.47. The van der Waals surface area contributed by atoms with Crippen LogP contribution in [0.5, 0.6) is 0 Å². The number of piperidine rings is 2. The molecule has 0 amide bonds. The summed E-state index contributed by atoms with van der Waals surface area (Å²) in [5.74, 6) is 4.93. The largest absolute Gasteiger partial charge is 0.389 e. The molecule has 8 N–H and O–H groups in total. The van der Waals surface area contributed by atoms with Gasteiger partial charge in [0.15, 0.2) is 11.3 Å². The molecule has 2 aliphatic carbocycles. The van der Waals surface area contributed by atoms with Crippen molar-refractivity contribution in [3.8, 4) is 0 Å². The molecule has 2 saturated heterocycles. The highest BCUT2D eigenvalue weighted by atomic mass is 16.3. The quantitative estimate of drug-likeness (QED) is 0.0763. The van der Waals surface area contributed by atoms with Crippen molar-refractivity contribution in [3.63, 3.8) is 0 Å². The molecule has 2 aliphatic heterocycles. The van der Waals surface area contributed by atoms with Crippen LogP contribution in [-0.4, -0.2) is 125 Å². The molecule has 4 atom stereocenters. The van der Waals surface area contributed by atoms with Crippen LogP contribution in [0.2, 0.25) is 0 Å². The van der Waals surface area contributed by atoms with Gasteiger partial charge in [-0.2, -0.15) is 19.2 Å². The number of nitrogens with zero attached hydrogens (tertiary/aromatic N) is 7. The average molecular weight is 815 g/mol. The van der Waals surface area contributed by atoms with E-state index in [9.17, 15) is 15.3 Å². The van der Waals surface area contributed by atoms with Gasteiger partial charge >= 0.3 is 0 Å². The summed E-state index contributed by atoms with van der Waals surface area (Å²) in [5, 5.41) is 60.7. The molecule has 4 fully saturated rings. The second-order valence-corrected chi connectivity index (χ2v) is 19.0. The van der Waals surface area contributed by atoms with Crippen LogP contribution in [0.25, 0.3) is 11.3 Å². The number of anilines is 4. The molecule has 4 aliphatic rings. The molecule has 324 valence electrons. The number of nitrogens with one attached hydrogen (secondary N) is 5. The third-order valence-electron chi connectivity index (χ3n) is 14.0. The smallest absolute Gasteiger partial charge is 0.163 e. The molecule has 15 nitrogen and oxygen atoms in total. The Morgan fingerprint density at radius 3 is 1.92 bits per heavy atom. The highest BCUT2D eigenvalue weighted by Gasteiger charge is 2.39. The maximum Gasteiger partial charge on any atom is 0.163 e. The molecule has 0 bridgehead atoms. The van der Waals surface area contributed by atoms with Crippen molar-refractivity contribution < 1.29 is 15.3 Å². The SMILES string of the molecule is CC(C)c1cnn2c(NCC3CCCCC3)cc(NCC3(O)CCN(C4CCCCC4CNc4cc(NC[C@]5(O)CCNC[C@H]5O)nc5c(C(C)C)cnn45)CC3)nc12. The molecule has 0 radical (unpaired) electrons. The maximum absolute atomic E-state index is 11.9. The maximum atomic E-state index is 11.9. The van der Waals surface area contributed by atoms with Crippen LogP contribution in [0.3, 0.4) is 0 Å². The number of fused-ring (bicyclic) bond motifs is 2. The lowest BCUT2D eigenvalue weighted by molar-refractivity contribution is -0.0820. The minimum Gasteiger partial charge on any atom is -0.389 e. The highest BCUT2D eigenvalue weighted by molar-refractivity contribution is 5.62. The molecule has 2 saturated carbocycles. The van der Waals surface area contributed by atoms with E-state index < -0.39 is 17.3 Å². The summed E-state index contributed by atoms with van der Waals surface area (Å²) in [5.41, 5.74) is 1.81. The number of likely N-dealkylation sites (tertiary alicyclic amines) is 1. The Bertz CT molecular complexity index is 2000. The predicted octanol–water partition coefficient (Wildman–Crippen LogP) is 5.42. The predicted molar refractivity (Wildman–Crippen MR) is 235 cm³/mol. The number of aromatic nitrogens is 6. The zero-order valence-electron chi connectivity index (χ0n) is 35.9. The lowest BCUT2D eigenvalue weighted by Crippen LogP contribution is -2.57. The summed E-state index contributed by atoms with van der Waals surface area (Å²) in [4.78, 5) is 12.6. The Morgan fingerprint density at radius 2 is 1.31 bits per heavy atom. The topological polar surface area (TPSA) is 184 Å². The first-order chi connectivity index (χ1) is 28.5. The Kier molecular flexibility index (Phi) is 12.8. The van der Waals surface area contributed by atoms with Crippen LogP contribution in [0.15, 0.2) is 24.5 Å². The van der Waals surface area contributed by atoms with E-state index in [0.717, 1.165) is 78.9 Å². The third-order valence-corrected chi connectivity index (χ3v) is 14.0. The van der Waals surface area contributed by atoms with E-state index in [4.69, 9.17) is 20.2 Å². The van der Waals surface area contributed by atoms with Crippen LogP contribution in [0.1, 0.15) is 128 Å². The van der Waals surface area contributed by atoms with Gasteiger partial charge in [0.1, 0.15) is 28.9 Å². The molecule has 0 aromatic carbocycles. The molecular weight excluding hydrogens is 745 g/mol. The number of β-amino-alcohol motifs (C(OH)–C–C–N with tert-alkyl or cyclic N) is 1. The lowest BCUT2D eigenvalue weighted by Gasteiger charge is -2.46. The molecule has 4 aromatic rings. The van der Waals surface area contributed by atoms with Gasteiger partial charge in [0.05, 0.1) is 24.1 Å². The fraction of sp³-hybridized carbons (Fsp3) is 0.727. The summed E-state index contributed by atoms with van der Waals surface area (Å²) in [6.07, 6.45) is 16.1. The van der Waals surface area contributed by atoms with Crippen LogP contribution in [-0.2, 0) is 0 Å². The van der Waals surface area contributed by atoms with Crippen molar-refractivity contribution in [1.29, 1.82) is 0 Å². The van der Waals surface area contributed by atoms with Crippen LogP contribution in [0, 0.1) is 11.8 Å². The minimum absolute atomic E-state index is 0.208. The van der Waals surface area contributed by atoms with Crippen molar-refractivity contribution >= 4 is 34.6 Å². The molecule has 4 aromatic heterocycles. The molecule has 59 heavy (non-hydrogen) atoms. The van der Waals surface area contributed by atoms with Gasteiger partial charge < -0.3 is 41.9 Å². The zero-order chi connectivity index (χ0) is 41.1. The van der Waals surface area contributed by atoms with Crippen molar-refractivity contribution in [1.82, 2.24) is 39.4 Å². The Labute approximate surface area is 349 Å². The van der Waals surface area contributed by atoms with E-state index in [1.54, 1.807) is 0 Å². The average Bonchev–Trinajstić information content (AvgIpc) is 3.88. The van der Waals surface area contributed by atoms with Gasteiger partial charge in [0, 0.05) is 75.1 Å². The first kappa shape index (κ1) is 42.0. The molecule has 8 rings (SSSR count). The summed E-state index contributed by atoms with van der Waals surface area (Å²) < 4.78 is 3.85. The Balaban J connectivity index is 0.908. The number of rotatable bonds is 15. The molecule has 6 heterocycles. The van der Waals surface area contributed by atoms with Crippen molar-refractivity contribution in [3.05, 3.63) is 35.7 Å². The molecular formula is C44H70N12O3. The fourth-order valence-corrected chi connectivity index (χ4v) is 10.0. The number of hydrogen-bond acceptors (Lipinski definition) is 13. The Morgan fingerprint density at radius 1 is 0.729 bits per heavy atom. The van der Waals surface area contributed by atoms with Crippen LogP contribution >= 0.6 is 0 Å². The number of hydrogen-bond donors (Lipinski definition) is 8. The fourth-order valence-electron chi connectivity index (χ4n) is 10.0. The van der Waals surface area contributed by atoms with Crippen molar-refractivity contribution in [2.24, 2.45) is 11.8 Å². The third kappa shape index (κ3) is 9.44. The standard InChI is InChI=1S/C44H70N12O3/c1-29(2)33-24-50-55-39(46-22-31-10-6-5-7-11-31)20-37(52-41(33)55)48-27-43(58)15-18-54(19-16-43)35-13-9-8-12-32(35)23-47-40-21-38(49-28-44(59)14-17-45-26-36(44)57)53-42-34(30(3)4)25-51-56(40)42/h20-21,24-25,29-32,35-36,45-47,57-59H,5-19,22-23,26-28H2,1-4H3,(H,48,52)(H,49,53)/t32?,35?,36-,44-/m1/s1. The van der Waals surface area contributed by atoms with Gasteiger partial charge in [-0.15, -0.1) is 0 Å². The van der Waals surface area contributed by atoms with Gasteiger partial charge in [-0.05, 0) is 75.2 Å². The minimum atomic E-state index is -1.22. The normalized spacial score (nSPS) is 25.9. The van der Waals surface area contributed by atoms with Gasteiger partial charge in [-0.25, -0.2) is 9.97 Å². The van der Waals surface area contributed by atoms with Crippen molar-refractivity contribution in [2.75, 3.05) is 73.6 Å². The van der Waals surface area contributed by atoms with Gasteiger partial charge in [0.2, 0.25) is 0 Å². The zero-order valence-corrected chi connectivity index (χ0v) is 35.9. The summed E-state index contributed by atoms with van der Waals surface area (Å²) >= 11 is 0. The van der Waals surface area contributed by atoms with Crippen LogP contribution in [0.4, 0.5) is 23.3 Å². The van der Waals surface area contributed by atoms with E-state index in [2.05, 4.69) is 65.2 Å². The molecule has 2 unspecified atom stereocenters. The molecule has 0 spiro atoms. The van der Waals surface area contributed by atoms with E-state index in [1.807, 2.05) is 27.5 Å². The second kappa shape index (κ2) is 18.1. The summed E-state index contributed by atoms with van der Waals surface area (Å²) in [7, 11) is 0. The van der Waals surface area contributed by atoms with Gasteiger partial charge in [-0.3, -0.25) is 4.90 Å². The Hall–Kier alpha value is -3.76. The van der Waals surface area contributed by atoms with E-state index in [1.165, 1.54) is 44.9 Å². The van der Waals surface area contributed by atoms with E-state index >= 15 is 0 Å². The van der Waals surface area contributed by atoms with Gasteiger partial charge in [-0.1, -0.05) is 59.8 Å². The number of aliphatic hydroxyl groups is 3. The first-order valence-electron chi connectivity index (χ1n) is 22.8. The van der Waals surface area contributed by atoms with Crippen LogP contribution < -0.4 is 26.6 Å². The van der Waals surface area contributed by atoms with Crippen molar-refractivity contribution in [2.45, 2.75) is 140 Å². The second-order valence-electron chi connectivity index (χ2n) is 19.0. The number of aliphatic hydroxyl groups excluding tert-OH is 1. The first-order valence-corrected chi connectivity index (χ1v) is 22.8. The van der Waals surface area contributed by atoms with E-state index in [-0.39, 0.29) is 12.5 Å². The summed E-state index contributed by atoms with van der Waals surface area (Å²) in [6.45, 7) is 13.8. The lowest BCUT2D eigenvalue weighted by atomic mass is 9.81. The van der Waals surface area contributed by atoms with E-state index in [0.29, 0.717) is 68.5 Å². The van der Waals surface area contributed by atoms with Gasteiger partial charge in [0.25, 0.3) is 0 Å². The highest BCUT2D eigenvalue weighted by Crippen LogP contribution is 2.35. The molecule has 15 heteroatoms. The monoisotopic (exact) mass is 815 g/mol.